The van der Waals surface area contributed by atoms with Crippen LogP contribution in [0.15, 0.2) is 0 Å². The van der Waals surface area contributed by atoms with Gasteiger partial charge in [0.25, 0.3) is 0 Å². The average Bonchev–Trinajstić information content (AvgIpc) is 2.31. The Kier molecular flexibility index (Phi) is 1.17. The van der Waals surface area contributed by atoms with Crippen LogP contribution in [0.3, 0.4) is 0 Å². The topological polar surface area (TPSA) is 20.2 Å². The summed E-state index contributed by atoms with van der Waals surface area (Å²) in [6, 6.07) is 0. The molecule has 10 heavy (non-hydrogen) atoms. The quantitative estimate of drug-likeness (QED) is 0.544. The number of aliphatic hydroxyl groups is 1. The molecule has 0 aromatic carbocycles. The van der Waals surface area contributed by atoms with Crippen LogP contribution in [0.4, 0.5) is 0 Å². The summed E-state index contributed by atoms with van der Waals surface area (Å²) in [5, 5.41) is 9.65. The van der Waals surface area contributed by atoms with Crippen LogP contribution in [0.1, 0.15) is 33.1 Å². The molecule has 2 rings (SSSR count). The molecule has 0 amide bonds. The van der Waals surface area contributed by atoms with Crippen molar-refractivity contribution in [3.05, 3.63) is 0 Å². The van der Waals surface area contributed by atoms with E-state index in [0.29, 0.717) is 5.92 Å². The van der Waals surface area contributed by atoms with Crippen molar-refractivity contribution in [1.82, 2.24) is 0 Å². The zero-order chi connectivity index (χ0) is 7.35. The lowest BCUT2D eigenvalue weighted by Crippen LogP contribution is -2.55. The lowest BCUT2D eigenvalue weighted by atomic mass is 9.55. The summed E-state index contributed by atoms with van der Waals surface area (Å²) in [7, 11) is 0. The molecule has 0 aliphatic heterocycles. The molecule has 2 aliphatic rings. The van der Waals surface area contributed by atoms with Gasteiger partial charge in [-0.15, -0.1) is 0 Å². The first kappa shape index (κ1) is 6.66. The van der Waals surface area contributed by atoms with Gasteiger partial charge in [0.2, 0.25) is 0 Å². The lowest BCUT2D eigenvalue weighted by Gasteiger charge is -2.53. The molecule has 0 bridgehead atoms. The highest BCUT2D eigenvalue weighted by atomic mass is 16.3. The van der Waals surface area contributed by atoms with Gasteiger partial charge in [-0.1, -0.05) is 20.3 Å². The van der Waals surface area contributed by atoms with Gasteiger partial charge in [-0.25, -0.2) is 0 Å². The number of hydrogen-bond acceptors (Lipinski definition) is 1. The van der Waals surface area contributed by atoms with Gasteiger partial charge >= 0.3 is 0 Å². The monoisotopic (exact) mass is 140 g/mol. The normalized spacial score (nSPS) is 50.1. The second kappa shape index (κ2) is 1.76. The third-order valence-corrected chi connectivity index (χ3v) is 3.69. The molecule has 3 unspecified atom stereocenters. The van der Waals surface area contributed by atoms with Crippen molar-refractivity contribution < 1.29 is 5.11 Å². The largest absolute Gasteiger partial charge is 0.392 e. The van der Waals surface area contributed by atoms with E-state index in [0.717, 1.165) is 5.92 Å². The molecule has 0 aromatic heterocycles. The Morgan fingerprint density at radius 3 is 2.60 bits per heavy atom. The Hall–Kier alpha value is -0.0400. The van der Waals surface area contributed by atoms with E-state index in [2.05, 4.69) is 13.8 Å². The summed E-state index contributed by atoms with van der Waals surface area (Å²) in [6.45, 7) is 4.40. The Bertz CT molecular complexity index is 151. The zero-order valence-electron chi connectivity index (χ0n) is 6.80. The first-order chi connectivity index (χ1) is 4.64. The van der Waals surface area contributed by atoms with Crippen molar-refractivity contribution in [2.75, 3.05) is 0 Å². The van der Waals surface area contributed by atoms with Gasteiger partial charge in [-0.2, -0.15) is 0 Å². The first-order valence-electron chi connectivity index (χ1n) is 4.32. The molecule has 0 aromatic rings. The molecule has 2 aliphatic carbocycles. The van der Waals surface area contributed by atoms with Crippen molar-refractivity contribution in [3.8, 4) is 0 Å². The van der Waals surface area contributed by atoms with Crippen molar-refractivity contribution in [2.24, 2.45) is 17.3 Å². The second-order valence-corrected chi connectivity index (χ2v) is 4.47. The minimum Gasteiger partial charge on any atom is -0.392 e. The standard InChI is InChI=1S/C9H16O/c1-9(2)7-5-3-4-6(7)8(9)10/h6-8,10H,3-5H2,1-2H3. The molecule has 58 valence electrons. The van der Waals surface area contributed by atoms with Crippen LogP contribution in [-0.4, -0.2) is 11.2 Å². The molecule has 2 saturated carbocycles. The van der Waals surface area contributed by atoms with Crippen LogP contribution in [0.5, 0.6) is 0 Å². The number of aliphatic hydroxyl groups excluding tert-OH is 1. The van der Waals surface area contributed by atoms with Crippen molar-refractivity contribution >= 4 is 0 Å². The number of rotatable bonds is 0. The van der Waals surface area contributed by atoms with Gasteiger partial charge in [0, 0.05) is 0 Å². The van der Waals surface area contributed by atoms with Crippen LogP contribution in [0.25, 0.3) is 0 Å². The summed E-state index contributed by atoms with van der Waals surface area (Å²) in [5.41, 5.74) is 0.237. The Morgan fingerprint density at radius 2 is 2.00 bits per heavy atom. The molecule has 1 heteroatoms. The van der Waals surface area contributed by atoms with Crippen LogP contribution in [0.2, 0.25) is 0 Å². The fourth-order valence-corrected chi connectivity index (χ4v) is 2.94. The molecule has 0 spiro atoms. The van der Waals surface area contributed by atoms with E-state index in [1.807, 2.05) is 0 Å². The van der Waals surface area contributed by atoms with E-state index in [1.165, 1.54) is 19.3 Å². The fourth-order valence-electron chi connectivity index (χ4n) is 2.94. The lowest BCUT2D eigenvalue weighted by molar-refractivity contribution is -0.144. The Labute approximate surface area is 62.4 Å². The second-order valence-electron chi connectivity index (χ2n) is 4.47. The maximum Gasteiger partial charge on any atom is 0.0624 e. The maximum atomic E-state index is 9.65. The van der Waals surface area contributed by atoms with Gasteiger partial charge in [-0.05, 0) is 30.1 Å². The third kappa shape index (κ3) is 0.572. The maximum absolute atomic E-state index is 9.65. The molecule has 2 fully saturated rings. The molecule has 0 saturated heterocycles. The SMILES string of the molecule is CC1(C)C(O)C2CCCC21. The highest BCUT2D eigenvalue weighted by Gasteiger charge is 2.56. The van der Waals surface area contributed by atoms with Gasteiger partial charge in [0.05, 0.1) is 6.10 Å². The van der Waals surface area contributed by atoms with E-state index in [4.69, 9.17) is 0 Å². The highest BCUT2D eigenvalue weighted by Crippen LogP contribution is 2.58. The molecular formula is C9H16O. The zero-order valence-corrected chi connectivity index (χ0v) is 6.80. The number of hydrogen-bond donors (Lipinski definition) is 1. The minimum atomic E-state index is -0.000000000000000444. The smallest absolute Gasteiger partial charge is 0.0624 e. The first-order valence-corrected chi connectivity index (χ1v) is 4.32. The average molecular weight is 140 g/mol. The Balaban J connectivity index is 2.15. The van der Waals surface area contributed by atoms with E-state index in [-0.39, 0.29) is 11.5 Å². The van der Waals surface area contributed by atoms with Gasteiger partial charge in [-0.3, -0.25) is 0 Å². The van der Waals surface area contributed by atoms with E-state index in [9.17, 15) is 5.11 Å². The molecule has 1 nitrogen and oxygen atoms in total. The van der Waals surface area contributed by atoms with Crippen LogP contribution in [-0.2, 0) is 0 Å². The van der Waals surface area contributed by atoms with Gasteiger partial charge in [0.15, 0.2) is 0 Å². The fraction of sp³-hybridized carbons (Fsp3) is 1.00. The minimum absolute atomic E-state index is 0.000000000000000444. The van der Waals surface area contributed by atoms with Crippen LogP contribution < -0.4 is 0 Å². The van der Waals surface area contributed by atoms with Crippen molar-refractivity contribution in [3.63, 3.8) is 0 Å². The van der Waals surface area contributed by atoms with E-state index in [1.54, 1.807) is 0 Å². The van der Waals surface area contributed by atoms with E-state index >= 15 is 0 Å². The predicted molar refractivity (Wildman–Crippen MR) is 40.6 cm³/mol. The highest BCUT2D eigenvalue weighted by molar-refractivity contribution is 5.06. The molecule has 0 heterocycles. The molecular weight excluding hydrogens is 124 g/mol. The van der Waals surface area contributed by atoms with Crippen LogP contribution in [0, 0.1) is 17.3 Å². The number of fused-ring (bicyclic) bond motifs is 1. The van der Waals surface area contributed by atoms with Gasteiger partial charge in [0.1, 0.15) is 0 Å². The summed E-state index contributed by atoms with van der Waals surface area (Å²) < 4.78 is 0. The summed E-state index contributed by atoms with van der Waals surface area (Å²) in [4.78, 5) is 0. The predicted octanol–water partition coefficient (Wildman–Crippen LogP) is 1.80. The Morgan fingerprint density at radius 1 is 1.30 bits per heavy atom. The summed E-state index contributed by atoms with van der Waals surface area (Å²) >= 11 is 0. The molecule has 1 N–H and O–H groups in total. The van der Waals surface area contributed by atoms with E-state index < -0.39 is 0 Å². The van der Waals surface area contributed by atoms with Crippen molar-refractivity contribution in [1.29, 1.82) is 0 Å². The summed E-state index contributed by atoms with van der Waals surface area (Å²) in [6.07, 6.45) is 3.97. The summed E-state index contributed by atoms with van der Waals surface area (Å²) in [5.74, 6) is 1.50. The molecule has 3 atom stereocenters. The van der Waals surface area contributed by atoms with Crippen LogP contribution >= 0.6 is 0 Å². The van der Waals surface area contributed by atoms with Gasteiger partial charge < -0.3 is 5.11 Å². The van der Waals surface area contributed by atoms with Crippen molar-refractivity contribution in [2.45, 2.75) is 39.2 Å². The third-order valence-electron chi connectivity index (χ3n) is 3.69. The molecule has 0 radical (unpaired) electrons.